The van der Waals surface area contributed by atoms with Gasteiger partial charge in [-0.2, -0.15) is 0 Å². The average molecular weight is 1840 g/mol. The van der Waals surface area contributed by atoms with Crippen LogP contribution < -0.4 is 0 Å². The lowest BCUT2D eigenvalue weighted by Crippen LogP contribution is -1.83. The fourth-order valence-corrected chi connectivity index (χ4v) is 21.6. The Morgan fingerprint density at radius 2 is 0.252 bits per heavy atom. The van der Waals surface area contributed by atoms with Crippen molar-refractivity contribution in [2.45, 2.75) is 117 Å². The zero-order chi connectivity index (χ0) is 98.5. The van der Waals surface area contributed by atoms with E-state index in [4.69, 9.17) is 0 Å². The van der Waals surface area contributed by atoms with E-state index >= 15 is 0 Å². The number of rotatable bonds is 0. The summed E-state index contributed by atoms with van der Waals surface area (Å²) in [5.74, 6) is 0. The molecular formula is C143H120. The maximum Gasteiger partial charge on any atom is -0.00989 e. The van der Waals surface area contributed by atoms with Gasteiger partial charge in [-0.3, -0.25) is 0 Å². The zero-order valence-electron chi connectivity index (χ0n) is 85.1. The van der Waals surface area contributed by atoms with Gasteiger partial charge in [0.1, 0.15) is 0 Å². The molecule has 0 heteroatoms. The van der Waals surface area contributed by atoms with Crippen LogP contribution in [0.1, 0.15) is 98.2 Å². The molecule has 0 fully saturated rings. The summed E-state index contributed by atoms with van der Waals surface area (Å²) in [4.78, 5) is 0. The van der Waals surface area contributed by atoms with Gasteiger partial charge in [-0.15, -0.1) is 0 Å². The van der Waals surface area contributed by atoms with Crippen LogP contribution in [0, 0.1) is 96.9 Å². The fourth-order valence-electron chi connectivity index (χ4n) is 21.6. The van der Waals surface area contributed by atoms with Gasteiger partial charge in [0, 0.05) is 0 Å². The van der Waals surface area contributed by atoms with Gasteiger partial charge in [-0.05, 0) is 448 Å². The molecule has 0 amide bonds. The Balaban J connectivity index is 0.0000000980. The second-order valence-electron chi connectivity index (χ2n) is 40.5. The summed E-state index contributed by atoms with van der Waals surface area (Å²) in [5.41, 5.74) is 18.5. The summed E-state index contributed by atoms with van der Waals surface area (Å²) < 4.78 is 0. The molecule has 28 rings (SSSR count). The standard InChI is InChI=1S/7C20H16.C3H8/c1-13-3-7-17-15(11-13)5-9-20-18-8-4-14(2)12-16(18)6-10-19(17)20;1-13-3-5-15-9-20-12-18-8-14(2)4-6-16(18)10-19(20)11-17(15)7-13;1-13-3-5-15-9-19-10-16-6-4-14(2)8-18(16)12-20(19)11-17(15)7-13;1-13-3-5-15-7-10-18-17(19(15)11-13)9-8-16-6-4-14(2)12-20(16)18;1-13-5-3-7-15-9-18-12-20-14(2)6-4-8-16(20)10-17(18)11-19(13)15;1-13-5-3-7-15-9-17-10-16-8-4-6-14(2)20(16)12-18(17)11-19(13)15;1-13-6-7-15-8-9-18-17-5-3-4-14(2)16(17)10-11-19(18)20(15)12-13;1-3-2/h7*3-12H,1-2H3;3H2,1-2H3. The molecule has 0 radical (unpaired) electrons. The van der Waals surface area contributed by atoms with Crippen molar-refractivity contribution in [1.82, 2.24) is 0 Å². The predicted octanol–water partition coefficient (Wildman–Crippen LogP) is 41.8. The Hall–Kier alpha value is -16.4. The molecule has 692 valence electrons. The molecule has 0 saturated heterocycles. The van der Waals surface area contributed by atoms with Gasteiger partial charge < -0.3 is 0 Å². The van der Waals surface area contributed by atoms with Crippen LogP contribution in [-0.4, -0.2) is 0 Å². The molecule has 143 heavy (non-hydrogen) atoms. The smallest absolute Gasteiger partial charge is 0.00989 e. The molecule has 0 heterocycles. The van der Waals surface area contributed by atoms with Crippen LogP contribution >= 0.6 is 0 Å². The van der Waals surface area contributed by atoms with E-state index in [2.05, 4.69) is 535 Å². The summed E-state index contributed by atoms with van der Waals surface area (Å²) in [6.45, 7) is 34.5. The van der Waals surface area contributed by atoms with Gasteiger partial charge in [0.15, 0.2) is 0 Å². The van der Waals surface area contributed by atoms with E-state index < -0.39 is 0 Å². The Morgan fingerprint density at radius 3 is 0.545 bits per heavy atom. The SMILES string of the molecule is CCC.Cc1ccc2c(ccc3c4ccc(C)cc4ccc23)c1.Cc1ccc2cc3cc4cc(C)ccc4cc3cc2c1.Cc1ccc2cc3cc4ccc(C)cc4cc3cc2c1.Cc1ccc2ccc3c4cc(C)ccc4ccc3c2c1.Cc1ccc2ccc3c4cccc(C)c4ccc3c2c1.Cc1cccc2cc3cc4c(C)cccc4cc3cc12.Cc1cccc2cc3cc4cccc(C)c4cc3cc12. The molecule has 0 spiro atoms. The number of aryl methyl sites for hydroxylation is 14. The summed E-state index contributed by atoms with van der Waals surface area (Å²) in [5, 5.41) is 56.0. The second kappa shape index (κ2) is 39.4. The van der Waals surface area contributed by atoms with Crippen LogP contribution in [0.25, 0.3) is 226 Å². The van der Waals surface area contributed by atoms with E-state index in [0.717, 1.165) is 0 Å². The van der Waals surface area contributed by atoms with Crippen molar-refractivity contribution in [1.29, 1.82) is 0 Å². The molecule has 0 nitrogen and oxygen atoms in total. The highest BCUT2D eigenvalue weighted by molar-refractivity contribution is 6.21. The molecule has 0 N–H and O–H groups in total. The van der Waals surface area contributed by atoms with Gasteiger partial charge in [0.2, 0.25) is 0 Å². The number of hydrogen-bond donors (Lipinski definition) is 0. The van der Waals surface area contributed by atoms with E-state index in [1.54, 1.807) is 0 Å². The third-order valence-corrected chi connectivity index (χ3v) is 29.2. The minimum absolute atomic E-state index is 1.25. The zero-order valence-corrected chi connectivity index (χ0v) is 85.1. The van der Waals surface area contributed by atoms with Crippen LogP contribution in [0.15, 0.2) is 425 Å². The fraction of sp³-hybridized carbons (Fsp3) is 0.119. The van der Waals surface area contributed by atoms with Crippen molar-refractivity contribution in [3.63, 3.8) is 0 Å². The van der Waals surface area contributed by atoms with E-state index in [1.807, 2.05) is 0 Å². The lowest BCUT2D eigenvalue weighted by molar-refractivity contribution is 1.09. The third kappa shape index (κ3) is 19.1. The molecule has 0 aromatic heterocycles. The highest BCUT2D eigenvalue weighted by Crippen LogP contribution is 2.41. The van der Waals surface area contributed by atoms with E-state index in [0.29, 0.717) is 0 Å². The number of fused-ring (bicyclic) bond motifs is 27. The average Bonchev–Trinajstić information content (AvgIpc) is 0.766. The van der Waals surface area contributed by atoms with Gasteiger partial charge in [0.05, 0.1) is 0 Å². The molecular weight excluding hydrogens is 1720 g/mol. The largest absolute Gasteiger partial charge is 0.0656 e. The molecule has 0 atom stereocenters. The Labute approximate surface area is 839 Å². The van der Waals surface area contributed by atoms with Crippen LogP contribution in [0.5, 0.6) is 0 Å². The Morgan fingerprint density at radius 1 is 0.0979 bits per heavy atom. The Bertz CT molecular complexity index is 9290. The van der Waals surface area contributed by atoms with E-state index in [1.165, 1.54) is 311 Å². The minimum atomic E-state index is 1.25. The van der Waals surface area contributed by atoms with E-state index in [9.17, 15) is 0 Å². The van der Waals surface area contributed by atoms with Crippen LogP contribution in [0.4, 0.5) is 0 Å². The van der Waals surface area contributed by atoms with Crippen LogP contribution in [0.3, 0.4) is 0 Å². The van der Waals surface area contributed by atoms with Crippen molar-refractivity contribution in [2.75, 3.05) is 0 Å². The predicted molar refractivity (Wildman–Crippen MR) is 635 cm³/mol. The second-order valence-corrected chi connectivity index (χ2v) is 40.5. The molecule has 0 bridgehead atoms. The van der Waals surface area contributed by atoms with Gasteiger partial charge >= 0.3 is 0 Å². The van der Waals surface area contributed by atoms with Gasteiger partial charge in [-0.25, -0.2) is 0 Å². The first kappa shape index (κ1) is 92.9. The molecule has 28 aromatic carbocycles. The number of benzene rings is 28. The molecule has 0 aliphatic rings. The van der Waals surface area contributed by atoms with Crippen LogP contribution in [-0.2, 0) is 0 Å². The number of hydrogen-bond acceptors (Lipinski definition) is 0. The van der Waals surface area contributed by atoms with Crippen LogP contribution in [0.2, 0.25) is 0 Å². The summed E-state index contributed by atoms with van der Waals surface area (Å²) in [6, 6.07) is 157. The van der Waals surface area contributed by atoms with Crippen molar-refractivity contribution in [3.05, 3.63) is 503 Å². The first-order valence-electron chi connectivity index (χ1n) is 50.7. The van der Waals surface area contributed by atoms with Crippen molar-refractivity contribution in [3.8, 4) is 0 Å². The minimum Gasteiger partial charge on any atom is -0.0656 e. The monoisotopic (exact) mass is 1840 g/mol. The molecule has 28 aromatic rings. The quantitative estimate of drug-likeness (QED) is 0.105. The van der Waals surface area contributed by atoms with Gasteiger partial charge in [0.25, 0.3) is 0 Å². The molecule has 0 saturated carbocycles. The third-order valence-electron chi connectivity index (χ3n) is 29.2. The van der Waals surface area contributed by atoms with Gasteiger partial charge in [-0.1, -0.05) is 398 Å². The molecule has 0 unspecified atom stereocenters. The first-order chi connectivity index (χ1) is 69.4. The molecule has 0 aliphatic carbocycles. The lowest BCUT2D eigenvalue weighted by Gasteiger charge is -2.09. The van der Waals surface area contributed by atoms with Crippen molar-refractivity contribution in [2.24, 2.45) is 0 Å². The summed E-state index contributed by atoms with van der Waals surface area (Å²) >= 11 is 0. The van der Waals surface area contributed by atoms with Crippen molar-refractivity contribution < 1.29 is 0 Å². The summed E-state index contributed by atoms with van der Waals surface area (Å²) in [6.07, 6.45) is 1.25. The normalized spacial score (nSPS) is 11.4. The lowest BCUT2D eigenvalue weighted by atomic mass is 9.95. The van der Waals surface area contributed by atoms with E-state index in [-0.39, 0.29) is 0 Å². The topological polar surface area (TPSA) is 0 Å². The maximum atomic E-state index is 2.33. The Kier molecular flexibility index (Phi) is 25.6. The highest BCUT2D eigenvalue weighted by Gasteiger charge is 2.14. The first-order valence-corrected chi connectivity index (χ1v) is 50.7. The highest BCUT2D eigenvalue weighted by atomic mass is 14.2. The summed E-state index contributed by atoms with van der Waals surface area (Å²) in [7, 11) is 0. The maximum absolute atomic E-state index is 2.33. The molecule has 0 aliphatic heterocycles. The van der Waals surface area contributed by atoms with Crippen molar-refractivity contribution >= 4 is 226 Å².